The number of hydrogen-bond acceptors (Lipinski definition) is 4. The molecule has 5 heteroatoms. The zero-order valence-electron chi connectivity index (χ0n) is 8.94. The van der Waals surface area contributed by atoms with E-state index in [1.807, 2.05) is 11.9 Å². The van der Waals surface area contributed by atoms with Crippen LogP contribution < -0.4 is 4.90 Å². The number of aliphatic hydroxyl groups excluding tert-OH is 1. The number of H-pyrrole nitrogens is 1. The summed E-state index contributed by atoms with van der Waals surface area (Å²) in [6, 6.07) is 7.39. The molecular formula is C11H12N4O. The molecule has 0 amide bonds. The predicted octanol–water partition coefficient (Wildman–Crippen LogP) is 0.863. The van der Waals surface area contributed by atoms with Crippen LogP contribution in [-0.2, 0) is 0 Å². The number of fused-ring (bicyclic) bond motifs is 1. The molecule has 0 aliphatic rings. The van der Waals surface area contributed by atoms with Crippen LogP contribution in [-0.4, -0.2) is 35.3 Å². The van der Waals surface area contributed by atoms with Crippen LogP contribution in [0.2, 0.25) is 0 Å². The Balaban J connectivity index is 2.40. The first-order chi connectivity index (χ1) is 7.74. The van der Waals surface area contributed by atoms with Gasteiger partial charge in [-0.2, -0.15) is 5.26 Å². The number of hydrogen-bond donors (Lipinski definition) is 2. The number of benzene rings is 1. The number of nitrogens with zero attached hydrogens (tertiary/aromatic N) is 3. The zero-order valence-corrected chi connectivity index (χ0v) is 8.94. The molecule has 82 valence electrons. The Kier molecular flexibility index (Phi) is 2.75. The van der Waals surface area contributed by atoms with E-state index in [1.165, 1.54) is 0 Å². The summed E-state index contributed by atoms with van der Waals surface area (Å²) in [4.78, 5) is 9.29. The second-order valence-electron chi connectivity index (χ2n) is 3.55. The minimum absolute atomic E-state index is 0.0803. The number of aromatic amines is 1. The lowest BCUT2D eigenvalue weighted by Crippen LogP contribution is -2.22. The highest BCUT2D eigenvalue weighted by molar-refractivity contribution is 5.79. The summed E-state index contributed by atoms with van der Waals surface area (Å²) in [6.07, 6.45) is 0. The fraction of sp³-hybridized carbons (Fsp3) is 0.273. The van der Waals surface area contributed by atoms with Gasteiger partial charge in [-0.25, -0.2) is 4.98 Å². The Morgan fingerprint density at radius 2 is 2.38 bits per heavy atom. The number of rotatable bonds is 3. The van der Waals surface area contributed by atoms with Crippen molar-refractivity contribution in [1.82, 2.24) is 9.97 Å². The van der Waals surface area contributed by atoms with E-state index in [1.54, 1.807) is 18.2 Å². The quantitative estimate of drug-likeness (QED) is 0.798. The summed E-state index contributed by atoms with van der Waals surface area (Å²) in [5.74, 6) is 0.694. The van der Waals surface area contributed by atoms with Gasteiger partial charge < -0.3 is 15.0 Å². The maximum absolute atomic E-state index is 8.83. The van der Waals surface area contributed by atoms with Crippen molar-refractivity contribution in [2.24, 2.45) is 0 Å². The number of nitrogens with one attached hydrogen (secondary N) is 1. The SMILES string of the molecule is CN(CCO)c1nc2ccc(C#N)cc2[nH]1. The lowest BCUT2D eigenvalue weighted by molar-refractivity contribution is 0.303. The number of aliphatic hydroxyl groups is 1. The second-order valence-corrected chi connectivity index (χ2v) is 3.55. The van der Waals surface area contributed by atoms with Crippen LogP contribution >= 0.6 is 0 Å². The van der Waals surface area contributed by atoms with E-state index in [0.29, 0.717) is 18.1 Å². The highest BCUT2D eigenvalue weighted by Crippen LogP contribution is 2.17. The molecule has 0 atom stereocenters. The smallest absolute Gasteiger partial charge is 0.203 e. The summed E-state index contributed by atoms with van der Waals surface area (Å²) in [6.45, 7) is 0.599. The monoisotopic (exact) mass is 216 g/mol. The molecule has 0 saturated carbocycles. The van der Waals surface area contributed by atoms with Gasteiger partial charge in [-0.1, -0.05) is 0 Å². The molecule has 0 aliphatic heterocycles. The number of anilines is 1. The van der Waals surface area contributed by atoms with Crippen molar-refractivity contribution in [3.8, 4) is 6.07 Å². The Morgan fingerprint density at radius 3 is 3.06 bits per heavy atom. The molecule has 0 radical (unpaired) electrons. The molecule has 0 aliphatic carbocycles. The number of imidazole rings is 1. The van der Waals surface area contributed by atoms with Gasteiger partial charge in [0, 0.05) is 13.6 Å². The van der Waals surface area contributed by atoms with Gasteiger partial charge >= 0.3 is 0 Å². The van der Waals surface area contributed by atoms with Gasteiger partial charge in [0.05, 0.1) is 29.3 Å². The first-order valence-corrected chi connectivity index (χ1v) is 4.96. The van der Waals surface area contributed by atoms with Crippen molar-refractivity contribution in [1.29, 1.82) is 5.26 Å². The van der Waals surface area contributed by atoms with E-state index >= 15 is 0 Å². The number of aromatic nitrogens is 2. The van der Waals surface area contributed by atoms with Crippen LogP contribution in [0.4, 0.5) is 5.95 Å². The summed E-state index contributed by atoms with van der Waals surface area (Å²) in [5, 5.41) is 17.6. The second kappa shape index (κ2) is 4.21. The minimum atomic E-state index is 0.0803. The molecule has 0 bridgehead atoms. The normalized spacial score (nSPS) is 10.3. The van der Waals surface area contributed by atoms with Gasteiger partial charge in [0.15, 0.2) is 0 Å². The van der Waals surface area contributed by atoms with E-state index in [2.05, 4.69) is 16.0 Å². The van der Waals surface area contributed by atoms with E-state index < -0.39 is 0 Å². The van der Waals surface area contributed by atoms with Crippen molar-refractivity contribution in [3.63, 3.8) is 0 Å². The van der Waals surface area contributed by atoms with Crippen molar-refractivity contribution in [2.75, 3.05) is 25.1 Å². The number of likely N-dealkylation sites (N-methyl/N-ethyl adjacent to an activating group) is 1. The van der Waals surface area contributed by atoms with Crippen LogP contribution in [0.15, 0.2) is 18.2 Å². The third kappa shape index (κ3) is 1.83. The number of nitriles is 1. The molecule has 1 aromatic heterocycles. The third-order valence-electron chi connectivity index (χ3n) is 2.40. The molecule has 16 heavy (non-hydrogen) atoms. The highest BCUT2D eigenvalue weighted by Gasteiger charge is 2.07. The predicted molar refractivity (Wildman–Crippen MR) is 61.2 cm³/mol. The van der Waals surface area contributed by atoms with Gasteiger partial charge in [-0.05, 0) is 18.2 Å². The maximum atomic E-state index is 8.83. The minimum Gasteiger partial charge on any atom is -0.395 e. The van der Waals surface area contributed by atoms with Crippen LogP contribution in [0, 0.1) is 11.3 Å². The van der Waals surface area contributed by atoms with E-state index in [-0.39, 0.29) is 6.61 Å². The highest BCUT2D eigenvalue weighted by atomic mass is 16.3. The average Bonchev–Trinajstić information content (AvgIpc) is 2.71. The Hall–Kier alpha value is -2.06. The first-order valence-electron chi connectivity index (χ1n) is 4.96. The van der Waals surface area contributed by atoms with Crippen LogP contribution in [0.5, 0.6) is 0 Å². The van der Waals surface area contributed by atoms with Gasteiger partial charge in [-0.3, -0.25) is 0 Å². The molecule has 1 aromatic carbocycles. The van der Waals surface area contributed by atoms with Crippen molar-refractivity contribution in [2.45, 2.75) is 0 Å². The Bertz CT molecular complexity index is 540. The standard InChI is InChI=1S/C11H12N4O/c1-15(4-5-16)11-13-9-3-2-8(7-12)6-10(9)14-11/h2-3,6,16H,4-5H2,1H3,(H,13,14). The fourth-order valence-corrected chi connectivity index (χ4v) is 1.50. The van der Waals surface area contributed by atoms with Crippen LogP contribution in [0.3, 0.4) is 0 Å². The molecule has 2 rings (SSSR count). The van der Waals surface area contributed by atoms with Gasteiger partial charge in [0.1, 0.15) is 0 Å². The summed E-state index contributed by atoms with van der Waals surface area (Å²) in [5.41, 5.74) is 2.25. The van der Waals surface area contributed by atoms with E-state index in [0.717, 1.165) is 11.0 Å². The third-order valence-corrected chi connectivity index (χ3v) is 2.40. The molecule has 0 spiro atoms. The molecule has 2 aromatic rings. The van der Waals surface area contributed by atoms with Crippen molar-refractivity contribution < 1.29 is 5.11 Å². The summed E-state index contributed by atoms with van der Waals surface area (Å²) >= 11 is 0. The fourth-order valence-electron chi connectivity index (χ4n) is 1.50. The van der Waals surface area contributed by atoms with Crippen LogP contribution in [0.1, 0.15) is 5.56 Å². The molecule has 0 saturated heterocycles. The van der Waals surface area contributed by atoms with Gasteiger partial charge in [-0.15, -0.1) is 0 Å². The average molecular weight is 216 g/mol. The van der Waals surface area contributed by atoms with Crippen molar-refractivity contribution in [3.05, 3.63) is 23.8 Å². The van der Waals surface area contributed by atoms with Gasteiger partial charge in [0.2, 0.25) is 5.95 Å². The summed E-state index contributed by atoms with van der Waals surface area (Å²) < 4.78 is 0. The molecule has 5 nitrogen and oxygen atoms in total. The molecule has 1 heterocycles. The Labute approximate surface area is 92.9 Å². The Morgan fingerprint density at radius 1 is 1.56 bits per heavy atom. The largest absolute Gasteiger partial charge is 0.395 e. The maximum Gasteiger partial charge on any atom is 0.203 e. The molecular weight excluding hydrogens is 204 g/mol. The van der Waals surface area contributed by atoms with E-state index in [4.69, 9.17) is 10.4 Å². The molecule has 0 fully saturated rings. The van der Waals surface area contributed by atoms with Crippen LogP contribution in [0.25, 0.3) is 11.0 Å². The topological polar surface area (TPSA) is 75.9 Å². The van der Waals surface area contributed by atoms with E-state index in [9.17, 15) is 0 Å². The zero-order chi connectivity index (χ0) is 11.5. The summed E-state index contributed by atoms with van der Waals surface area (Å²) in [7, 11) is 1.85. The lowest BCUT2D eigenvalue weighted by atomic mass is 10.2. The molecule has 2 N–H and O–H groups in total. The first kappa shape index (κ1) is 10.5. The van der Waals surface area contributed by atoms with Crippen molar-refractivity contribution >= 4 is 17.0 Å². The lowest BCUT2D eigenvalue weighted by Gasteiger charge is -2.12. The molecule has 0 unspecified atom stereocenters. The van der Waals surface area contributed by atoms with Gasteiger partial charge in [0.25, 0.3) is 0 Å².